The minimum absolute atomic E-state index is 0.255. The van der Waals surface area contributed by atoms with Crippen LogP contribution in [0.25, 0.3) is 0 Å². The van der Waals surface area contributed by atoms with E-state index < -0.39 is 5.97 Å². The number of carbonyl (C=O) groups is 1. The van der Waals surface area contributed by atoms with Crippen molar-refractivity contribution in [3.63, 3.8) is 0 Å². The first-order valence-electron chi connectivity index (χ1n) is 6.74. The fourth-order valence-electron chi connectivity index (χ4n) is 2.49. The summed E-state index contributed by atoms with van der Waals surface area (Å²) >= 11 is 1.47. The number of anilines is 1. The van der Waals surface area contributed by atoms with E-state index in [1.54, 1.807) is 0 Å². The maximum Gasteiger partial charge on any atom is 0.338 e. The molecule has 1 aromatic carbocycles. The van der Waals surface area contributed by atoms with Gasteiger partial charge in [-0.15, -0.1) is 11.8 Å². The molecule has 0 bridgehead atoms. The highest BCUT2D eigenvalue weighted by Gasteiger charge is 2.22. The molecule has 1 aromatic rings. The van der Waals surface area contributed by atoms with E-state index in [1.165, 1.54) is 11.8 Å². The van der Waals surface area contributed by atoms with Crippen LogP contribution in [0.5, 0.6) is 0 Å². The minimum atomic E-state index is -0.861. The lowest BCUT2D eigenvalue weighted by atomic mass is 10.1. The molecule has 0 aliphatic carbocycles. The van der Waals surface area contributed by atoms with Crippen molar-refractivity contribution < 1.29 is 9.90 Å². The molecule has 0 spiro atoms. The lowest BCUT2D eigenvalue weighted by Gasteiger charge is -2.33. The van der Waals surface area contributed by atoms with Gasteiger partial charge < -0.3 is 14.9 Å². The number of thioether (sulfide) groups is 1. The summed E-state index contributed by atoms with van der Waals surface area (Å²) in [4.78, 5) is 16.7. The van der Waals surface area contributed by atoms with Crippen molar-refractivity contribution in [2.24, 2.45) is 0 Å². The van der Waals surface area contributed by atoms with Crippen LogP contribution in [0.4, 0.5) is 5.69 Å². The van der Waals surface area contributed by atoms with Crippen LogP contribution < -0.4 is 4.90 Å². The summed E-state index contributed by atoms with van der Waals surface area (Å²) in [5.41, 5.74) is 1.22. The zero-order valence-electron chi connectivity index (χ0n) is 12.9. The minimum Gasteiger partial charge on any atom is -0.478 e. The van der Waals surface area contributed by atoms with E-state index in [0.29, 0.717) is 5.56 Å². The summed E-state index contributed by atoms with van der Waals surface area (Å²) in [7, 11) is 4.06. The Hall–Kier alpha value is -1.20. The predicted octanol–water partition coefficient (Wildman–Crippen LogP) is 2.88. The summed E-state index contributed by atoms with van der Waals surface area (Å²) in [5.74, 6) is -0.861. The highest BCUT2D eigenvalue weighted by molar-refractivity contribution is 7.98. The van der Waals surface area contributed by atoms with Crippen LogP contribution in [0.15, 0.2) is 23.1 Å². The predicted molar refractivity (Wildman–Crippen MR) is 86.2 cm³/mol. The quantitative estimate of drug-likeness (QED) is 0.784. The summed E-state index contributed by atoms with van der Waals surface area (Å²) < 4.78 is 0. The van der Waals surface area contributed by atoms with Crippen LogP contribution in [0, 0.1) is 0 Å². The van der Waals surface area contributed by atoms with Crippen LogP contribution in [0.2, 0.25) is 0 Å². The SMILES string of the molecule is CCN(c1cccc(SC)c1C(=O)O)C(C)CN(C)C. The summed E-state index contributed by atoms with van der Waals surface area (Å²) in [6.45, 7) is 5.86. The zero-order valence-corrected chi connectivity index (χ0v) is 13.7. The molecule has 0 heterocycles. The third kappa shape index (κ3) is 3.90. The molecule has 0 saturated carbocycles. The zero-order chi connectivity index (χ0) is 15.3. The Kier molecular flexibility index (Phi) is 6.36. The van der Waals surface area contributed by atoms with Crippen molar-refractivity contribution in [2.75, 3.05) is 38.3 Å². The largest absolute Gasteiger partial charge is 0.478 e. The summed E-state index contributed by atoms with van der Waals surface area (Å²) in [6, 6.07) is 5.95. The molecule has 0 amide bonds. The first kappa shape index (κ1) is 16.9. The second-order valence-electron chi connectivity index (χ2n) is 5.06. The lowest BCUT2D eigenvalue weighted by molar-refractivity contribution is 0.0693. The van der Waals surface area contributed by atoms with Gasteiger partial charge in [0, 0.05) is 24.0 Å². The molecule has 0 saturated heterocycles. The van der Waals surface area contributed by atoms with Gasteiger partial charge in [0.05, 0.1) is 11.3 Å². The topological polar surface area (TPSA) is 43.8 Å². The Morgan fingerprint density at radius 1 is 1.40 bits per heavy atom. The van der Waals surface area contributed by atoms with Gasteiger partial charge in [0.1, 0.15) is 0 Å². The second kappa shape index (κ2) is 7.55. The molecule has 1 rings (SSSR count). The molecule has 20 heavy (non-hydrogen) atoms. The Morgan fingerprint density at radius 2 is 2.05 bits per heavy atom. The van der Waals surface area contributed by atoms with Crippen LogP contribution in [-0.4, -0.2) is 55.5 Å². The maximum absolute atomic E-state index is 11.6. The van der Waals surface area contributed by atoms with E-state index in [-0.39, 0.29) is 6.04 Å². The van der Waals surface area contributed by atoms with Crippen molar-refractivity contribution in [3.05, 3.63) is 23.8 Å². The van der Waals surface area contributed by atoms with Gasteiger partial charge in [-0.1, -0.05) is 6.07 Å². The Balaban J connectivity index is 3.24. The van der Waals surface area contributed by atoms with Crippen LogP contribution in [-0.2, 0) is 0 Å². The average Bonchev–Trinajstić information content (AvgIpc) is 2.37. The maximum atomic E-state index is 11.6. The molecule has 0 radical (unpaired) electrons. The Labute approximate surface area is 125 Å². The highest BCUT2D eigenvalue weighted by Crippen LogP contribution is 2.30. The first-order valence-corrected chi connectivity index (χ1v) is 7.96. The molecule has 0 aliphatic rings. The number of hydrogen-bond acceptors (Lipinski definition) is 4. The van der Waals surface area contributed by atoms with E-state index in [9.17, 15) is 9.90 Å². The standard InChI is InChI=1S/C15H24N2O2S/c1-6-17(11(2)10-16(3)4)12-8-7-9-13(20-5)14(12)15(18)19/h7-9,11H,6,10H2,1-5H3,(H,18,19). The van der Waals surface area contributed by atoms with Crippen molar-refractivity contribution in [1.29, 1.82) is 0 Å². The lowest BCUT2D eigenvalue weighted by Crippen LogP contribution is -2.40. The van der Waals surface area contributed by atoms with Crippen molar-refractivity contribution in [2.45, 2.75) is 24.8 Å². The van der Waals surface area contributed by atoms with Crippen molar-refractivity contribution in [1.82, 2.24) is 4.90 Å². The number of carboxylic acid groups (broad SMARTS) is 1. The highest BCUT2D eigenvalue weighted by atomic mass is 32.2. The normalized spacial score (nSPS) is 12.5. The number of hydrogen-bond donors (Lipinski definition) is 1. The molecular formula is C15H24N2O2S. The fraction of sp³-hybridized carbons (Fsp3) is 0.533. The van der Waals surface area contributed by atoms with Gasteiger partial charge in [-0.25, -0.2) is 4.79 Å². The number of likely N-dealkylation sites (N-methyl/N-ethyl adjacent to an activating group) is 2. The second-order valence-corrected chi connectivity index (χ2v) is 5.90. The van der Waals surface area contributed by atoms with Gasteiger partial charge in [-0.3, -0.25) is 0 Å². The van der Waals surface area contributed by atoms with Gasteiger partial charge in [0.15, 0.2) is 0 Å². The molecule has 1 atom stereocenters. The third-order valence-corrected chi connectivity index (χ3v) is 4.03. The van der Waals surface area contributed by atoms with E-state index in [1.807, 2.05) is 38.6 Å². The van der Waals surface area contributed by atoms with Crippen LogP contribution in [0.3, 0.4) is 0 Å². The van der Waals surface area contributed by atoms with E-state index in [2.05, 4.69) is 23.6 Å². The molecule has 4 nitrogen and oxygen atoms in total. The average molecular weight is 296 g/mol. The van der Waals surface area contributed by atoms with Gasteiger partial charge in [0.2, 0.25) is 0 Å². The van der Waals surface area contributed by atoms with Crippen LogP contribution in [0.1, 0.15) is 24.2 Å². The molecular weight excluding hydrogens is 272 g/mol. The van der Waals surface area contributed by atoms with Gasteiger partial charge in [0.25, 0.3) is 0 Å². The fourth-order valence-corrected chi connectivity index (χ4v) is 3.10. The third-order valence-electron chi connectivity index (χ3n) is 3.25. The van der Waals surface area contributed by atoms with Gasteiger partial charge >= 0.3 is 5.97 Å². The molecule has 0 aromatic heterocycles. The first-order chi connectivity index (χ1) is 9.42. The Bertz CT molecular complexity index is 463. The van der Waals surface area contributed by atoms with Gasteiger partial charge in [-0.05, 0) is 46.3 Å². The molecule has 0 aliphatic heterocycles. The summed E-state index contributed by atoms with van der Waals surface area (Å²) in [5, 5.41) is 9.54. The Morgan fingerprint density at radius 3 is 2.50 bits per heavy atom. The smallest absolute Gasteiger partial charge is 0.338 e. The van der Waals surface area contributed by atoms with Gasteiger partial charge in [-0.2, -0.15) is 0 Å². The number of rotatable bonds is 7. The monoisotopic (exact) mass is 296 g/mol. The molecule has 1 N–H and O–H groups in total. The number of benzene rings is 1. The van der Waals surface area contributed by atoms with Crippen molar-refractivity contribution in [3.8, 4) is 0 Å². The van der Waals surface area contributed by atoms with E-state index in [0.717, 1.165) is 23.7 Å². The number of carboxylic acids is 1. The van der Waals surface area contributed by atoms with Crippen molar-refractivity contribution >= 4 is 23.4 Å². The molecule has 1 unspecified atom stereocenters. The molecule has 5 heteroatoms. The molecule has 0 fully saturated rings. The van der Waals surface area contributed by atoms with E-state index >= 15 is 0 Å². The van der Waals surface area contributed by atoms with E-state index in [4.69, 9.17) is 0 Å². The molecule has 112 valence electrons. The summed E-state index contributed by atoms with van der Waals surface area (Å²) in [6.07, 6.45) is 1.91. The number of aromatic carboxylic acids is 1. The number of nitrogens with zero attached hydrogens (tertiary/aromatic N) is 2. The van der Waals surface area contributed by atoms with Crippen LogP contribution >= 0.6 is 11.8 Å².